The van der Waals surface area contributed by atoms with E-state index in [1.165, 1.54) is 24.0 Å². The van der Waals surface area contributed by atoms with Crippen LogP contribution in [0.15, 0.2) is 60.7 Å². The van der Waals surface area contributed by atoms with E-state index in [2.05, 4.69) is 66.0 Å². The molecule has 1 N–H and O–H groups in total. The van der Waals surface area contributed by atoms with Gasteiger partial charge in [0.25, 0.3) is 0 Å². The molecule has 1 heteroatoms. The van der Waals surface area contributed by atoms with Crippen LogP contribution in [0.25, 0.3) is 0 Å². The maximum Gasteiger partial charge on any atom is 0.0691 e. The van der Waals surface area contributed by atoms with Gasteiger partial charge in [-0.3, -0.25) is 0 Å². The highest BCUT2D eigenvalue weighted by Gasteiger charge is 2.36. The quantitative estimate of drug-likeness (QED) is 0.823. The number of hydrogen-bond acceptors (Lipinski definition) is 1. The molecule has 2 aromatic rings. The summed E-state index contributed by atoms with van der Waals surface area (Å²) in [6, 6.07) is 21.6. The molecule has 0 amide bonds. The van der Waals surface area contributed by atoms with E-state index in [9.17, 15) is 0 Å². The molecule has 3 rings (SSSR count). The monoisotopic (exact) mass is 223 g/mol. The first kappa shape index (κ1) is 10.5. The topological polar surface area (TPSA) is 12.0 Å². The van der Waals surface area contributed by atoms with Gasteiger partial charge in [0.05, 0.1) is 5.54 Å². The molecule has 1 saturated heterocycles. The molecular formula is C16H17N. The van der Waals surface area contributed by atoms with Crippen molar-refractivity contribution in [2.45, 2.75) is 18.4 Å². The van der Waals surface area contributed by atoms with Crippen molar-refractivity contribution in [3.05, 3.63) is 71.8 Å². The zero-order valence-corrected chi connectivity index (χ0v) is 9.89. The lowest BCUT2D eigenvalue weighted by Gasteiger charge is -2.31. The Morgan fingerprint density at radius 2 is 1.29 bits per heavy atom. The van der Waals surface area contributed by atoms with Gasteiger partial charge in [-0.15, -0.1) is 0 Å². The van der Waals surface area contributed by atoms with Crippen LogP contribution >= 0.6 is 0 Å². The van der Waals surface area contributed by atoms with E-state index >= 15 is 0 Å². The highest BCUT2D eigenvalue weighted by atomic mass is 15.0. The number of benzene rings is 2. The molecule has 0 aromatic heterocycles. The minimum atomic E-state index is 0.0303. The number of nitrogens with one attached hydrogen (secondary N) is 1. The molecule has 0 bridgehead atoms. The van der Waals surface area contributed by atoms with Crippen LogP contribution in [0.4, 0.5) is 0 Å². The summed E-state index contributed by atoms with van der Waals surface area (Å²) in [5.74, 6) is 0. The van der Waals surface area contributed by atoms with Gasteiger partial charge in [-0.2, -0.15) is 0 Å². The average molecular weight is 223 g/mol. The molecule has 1 aliphatic heterocycles. The molecule has 0 radical (unpaired) electrons. The fourth-order valence-corrected chi connectivity index (χ4v) is 2.85. The predicted molar refractivity (Wildman–Crippen MR) is 70.9 cm³/mol. The van der Waals surface area contributed by atoms with Crippen molar-refractivity contribution in [1.82, 2.24) is 5.32 Å². The third-order valence-electron chi connectivity index (χ3n) is 3.69. The van der Waals surface area contributed by atoms with Crippen LogP contribution in [0.5, 0.6) is 0 Å². The van der Waals surface area contributed by atoms with E-state index in [-0.39, 0.29) is 5.54 Å². The third-order valence-corrected chi connectivity index (χ3v) is 3.69. The Morgan fingerprint density at radius 3 is 1.71 bits per heavy atom. The van der Waals surface area contributed by atoms with Crippen molar-refractivity contribution in [3.8, 4) is 0 Å². The van der Waals surface area contributed by atoms with Crippen LogP contribution in [-0.2, 0) is 5.54 Å². The van der Waals surface area contributed by atoms with Crippen LogP contribution in [0, 0.1) is 0 Å². The normalized spacial score (nSPS) is 18.1. The Bertz CT molecular complexity index is 428. The highest BCUT2D eigenvalue weighted by Crippen LogP contribution is 2.37. The van der Waals surface area contributed by atoms with E-state index in [1.807, 2.05) is 0 Å². The molecule has 2 aromatic carbocycles. The first-order valence-corrected chi connectivity index (χ1v) is 6.28. The molecule has 1 fully saturated rings. The minimum absolute atomic E-state index is 0.0303. The second-order valence-corrected chi connectivity index (χ2v) is 4.67. The van der Waals surface area contributed by atoms with Crippen LogP contribution in [0.1, 0.15) is 24.0 Å². The Morgan fingerprint density at radius 1 is 0.765 bits per heavy atom. The van der Waals surface area contributed by atoms with Gasteiger partial charge in [-0.1, -0.05) is 60.7 Å². The molecule has 0 aliphatic carbocycles. The Balaban J connectivity index is 2.11. The Hall–Kier alpha value is -1.60. The summed E-state index contributed by atoms with van der Waals surface area (Å²) in [7, 11) is 0. The maximum atomic E-state index is 3.70. The second kappa shape index (κ2) is 4.34. The average Bonchev–Trinajstić information content (AvgIpc) is 2.91. The van der Waals surface area contributed by atoms with Crippen molar-refractivity contribution in [2.24, 2.45) is 0 Å². The standard InChI is InChI=1S/C16H17N/c1-3-8-14(9-4-1)16(12-7-13-17-16)15-10-5-2-6-11-15/h1-6,8-11,17H,7,12-13H2. The summed E-state index contributed by atoms with van der Waals surface area (Å²) in [4.78, 5) is 0. The Kier molecular flexibility index (Phi) is 2.69. The highest BCUT2D eigenvalue weighted by molar-refractivity contribution is 5.39. The van der Waals surface area contributed by atoms with E-state index in [0.717, 1.165) is 6.54 Å². The van der Waals surface area contributed by atoms with Crippen molar-refractivity contribution < 1.29 is 0 Å². The summed E-state index contributed by atoms with van der Waals surface area (Å²) in [5.41, 5.74) is 2.79. The maximum absolute atomic E-state index is 3.70. The summed E-state index contributed by atoms with van der Waals surface area (Å²) >= 11 is 0. The van der Waals surface area contributed by atoms with Gasteiger partial charge < -0.3 is 5.32 Å². The van der Waals surface area contributed by atoms with Gasteiger partial charge in [-0.25, -0.2) is 0 Å². The predicted octanol–water partition coefficient (Wildman–Crippen LogP) is 3.31. The van der Waals surface area contributed by atoms with Gasteiger partial charge in [0.2, 0.25) is 0 Å². The van der Waals surface area contributed by atoms with Crippen LogP contribution in [0.2, 0.25) is 0 Å². The summed E-state index contributed by atoms with van der Waals surface area (Å²) in [6.07, 6.45) is 2.42. The van der Waals surface area contributed by atoms with Crippen molar-refractivity contribution in [2.75, 3.05) is 6.54 Å². The third kappa shape index (κ3) is 1.77. The largest absolute Gasteiger partial charge is 0.304 e. The molecule has 1 nitrogen and oxygen atoms in total. The van der Waals surface area contributed by atoms with E-state index in [1.54, 1.807) is 0 Å². The van der Waals surface area contributed by atoms with E-state index in [0.29, 0.717) is 0 Å². The van der Waals surface area contributed by atoms with Gasteiger partial charge in [-0.05, 0) is 30.5 Å². The molecule has 17 heavy (non-hydrogen) atoms. The Labute approximate surface area is 102 Å². The number of rotatable bonds is 2. The SMILES string of the molecule is c1ccc(C2(c3ccccc3)CCCN2)cc1. The fourth-order valence-electron chi connectivity index (χ4n) is 2.85. The summed E-state index contributed by atoms with van der Waals surface area (Å²) in [5, 5.41) is 3.70. The van der Waals surface area contributed by atoms with Crippen molar-refractivity contribution in [3.63, 3.8) is 0 Å². The molecule has 0 spiro atoms. The van der Waals surface area contributed by atoms with Crippen LogP contribution < -0.4 is 5.32 Å². The van der Waals surface area contributed by atoms with E-state index in [4.69, 9.17) is 0 Å². The van der Waals surface area contributed by atoms with Crippen LogP contribution in [0.3, 0.4) is 0 Å². The summed E-state index contributed by atoms with van der Waals surface area (Å²) < 4.78 is 0. The molecule has 0 saturated carbocycles. The second-order valence-electron chi connectivity index (χ2n) is 4.67. The lowest BCUT2D eigenvalue weighted by atomic mass is 9.82. The summed E-state index contributed by atoms with van der Waals surface area (Å²) in [6.45, 7) is 1.10. The van der Waals surface area contributed by atoms with Crippen molar-refractivity contribution >= 4 is 0 Å². The lowest BCUT2D eigenvalue weighted by Crippen LogP contribution is -2.37. The molecular weight excluding hydrogens is 206 g/mol. The first-order valence-electron chi connectivity index (χ1n) is 6.28. The minimum Gasteiger partial charge on any atom is -0.304 e. The van der Waals surface area contributed by atoms with Gasteiger partial charge in [0.1, 0.15) is 0 Å². The molecule has 0 atom stereocenters. The smallest absolute Gasteiger partial charge is 0.0691 e. The van der Waals surface area contributed by atoms with E-state index < -0.39 is 0 Å². The van der Waals surface area contributed by atoms with Gasteiger partial charge in [0.15, 0.2) is 0 Å². The fraction of sp³-hybridized carbons (Fsp3) is 0.250. The zero-order valence-electron chi connectivity index (χ0n) is 9.89. The molecule has 86 valence electrons. The van der Waals surface area contributed by atoms with Crippen LogP contribution in [-0.4, -0.2) is 6.54 Å². The zero-order chi connectivity index (χ0) is 11.6. The number of hydrogen-bond donors (Lipinski definition) is 1. The first-order chi connectivity index (χ1) is 8.42. The van der Waals surface area contributed by atoms with Crippen molar-refractivity contribution in [1.29, 1.82) is 0 Å². The van der Waals surface area contributed by atoms with Gasteiger partial charge in [0, 0.05) is 0 Å². The van der Waals surface area contributed by atoms with Gasteiger partial charge >= 0.3 is 0 Å². The lowest BCUT2D eigenvalue weighted by molar-refractivity contribution is 0.475. The molecule has 1 heterocycles. The molecule has 1 aliphatic rings. The molecule has 0 unspecified atom stereocenters.